The average Bonchev–Trinajstić information content (AvgIpc) is 2.95. The van der Waals surface area contributed by atoms with Crippen LogP contribution < -0.4 is 16.0 Å². The molecule has 0 saturated carbocycles. The van der Waals surface area contributed by atoms with Gasteiger partial charge in [0.05, 0.1) is 6.54 Å². The highest BCUT2D eigenvalue weighted by molar-refractivity contribution is 5.92. The summed E-state index contributed by atoms with van der Waals surface area (Å²) in [6.45, 7) is 0.822. The smallest absolute Gasteiger partial charge is 0.326 e. The first kappa shape index (κ1) is 14.0. The number of hydrogen-bond donors (Lipinski definition) is 2. The fraction of sp³-hybridized carbons (Fsp3) is 0.308. The Hall–Kier alpha value is -2.97. The van der Waals surface area contributed by atoms with E-state index in [-0.39, 0.29) is 11.8 Å². The number of aromatic nitrogens is 4. The molecule has 1 amide bonds. The van der Waals surface area contributed by atoms with E-state index in [4.69, 9.17) is 4.74 Å². The SMILES string of the molecule is O=C(c1cc(=O)[nH]c(=O)[nH]1)N1CC[C@@H](Oc2cccnn2)C1. The van der Waals surface area contributed by atoms with Crippen molar-refractivity contribution in [2.75, 3.05) is 13.1 Å². The minimum absolute atomic E-state index is 0.0334. The number of rotatable bonds is 3. The highest BCUT2D eigenvalue weighted by Gasteiger charge is 2.29. The number of amides is 1. The summed E-state index contributed by atoms with van der Waals surface area (Å²) in [5.74, 6) is -0.0141. The van der Waals surface area contributed by atoms with E-state index in [9.17, 15) is 14.4 Å². The monoisotopic (exact) mass is 303 g/mol. The number of carbonyl (C=O) groups excluding carboxylic acids is 1. The van der Waals surface area contributed by atoms with Crippen molar-refractivity contribution in [2.24, 2.45) is 0 Å². The van der Waals surface area contributed by atoms with Gasteiger partial charge in [0.2, 0.25) is 5.88 Å². The van der Waals surface area contributed by atoms with Gasteiger partial charge in [-0.15, -0.1) is 5.10 Å². The van der Waals surface area contributed by atoms with Crippen molar-refractivity contribution >= 4 is 5.91 Å². The van der Waals surface area contributed by atoms with Gasteiger partial charge in [0, 0.05) is 31.3 Å². The third-order valence-electron chi connectivity index (χ3n) is 3.26. The number of nitrogens with one attached hydrogen (secondary N) is 2. The number of likely N-dealkylation sites (tertiary alicyclic amines) is 1. The zero-order valence-corrected chi connectivity index (χ0v) is 11.5. The summed E-state index contributed by atoms with van der Waals surface area (Å²) in [7, 11) is 0. The molecule has 1 atom stereocenters. The maximum atomic E-state index is 12.3. The normalized spacial score (nSPS) is 17.5. The summed E-state index contributed by atoms with van der Waals surface area (Å²) >= 11 is 0. The molecule has 0 aliphatic carbocycles. The number of hydrogen-bond acceptors (Lipinski definition) is 6. The molecule has 0 bridgehead atoms. The Morgan fingerprint density at radius 2 is 2.23 bits per heavy atom. The summed E-state index contributed by atoms with van der Waals surface area (Å²) < 4.78 is 5.63. The predicted octanol–water partition coefficient (Wildman–Crippen LogP) is -0.853. The third kappa shape index (κ3) is 3.03. The number of carbonyl (C=O) groups is 1. The van der Waals surface area contributed by atoms with Gasteiger partial charge in [-0.05, 0) is 6.07 Å². The first-order valence-corrected chi connectivity index (χ1v) is 6.69. The van der Waals surface area contributed by atoms with E-state index in [0.29, 0.717) is 25.4 Å². The van der Waals surface area contributed by atoms with E-state index < -0.39 is 17.2 Å². The van der Waals surface area contributed by atoms with E-state index in [1.54, 1.807) is 18.3 Å². The highest BCUT2D eigenvalue weighted by Crippen LogP contribution is 2.16. The zero-order chi connectivity index (χ0) is 15.5. The number of ether oxygens (including phenoxy) is 1. The minimum Gasteiger partial charge on any atom is -0.471 e. The molecule has 1 aliphatic heterocycles. The number of H-pyrrole nitrogens is 2. The Balaban J connectivity index is 1.68. The van der Waals surface area contributed by atoms with Gasteiger partial charge in [-0.2, -0.15) is 5.10 Å². The molecule has 3 rings (SSSR count). The second-order valence-electron chi connectivity index (χ2n) is 4.84. The van der Waals surface area contributed by atoms with Gasteiger partial charge in [0.1, 0.15) is 11.8 Å². The molecule has 0 unspecified atom stereocenters. The molecule has 0 spiro atoms. The van der Waals surface area contributed by atoms with Crippen LogP contribution in [0.2, 0.25) is 0 Å². The maximum Gasteiger partial charge on any atom is 0.326 e. The van der Waals surface area contributed by atoms with Gasteiger partial charge in [0.25, 0.3) is 11.5 Å². The zero-order valence-electron chi connectivity index (χ0n) is 11.5. The fourth-order valence-electron chi connectivity index (χ4n) is 2.28. The largest absolute Gasteiger partial charge is 0.471 e. The molecule has 1 fully saturated rings. The van der Waals surface area contributed by atoms with Crippen LogP contribution in [-0.2, 0) is 0 Å². The van der Waals surface area contributed by atoms with Crippen molar-refractivity contribution in [3.05, 3.63) is 50.9 Å². The lowest BCUT2D eigenvalue weighted by molar-refractivity contribution is 0.0764. The Labute approximate surface area is 124 Å². The van der Waals surface area contributed by atoms with Crippen LogP contribution in [0, 0.1) is 0 Å². The van der Waals surface area contributed by atoms with Crippen LogP contribution in [0.4, 0.5) is 0 Å². The van der Waals surface area contributed by atoms with E-state index >= 15 is 0 Å². The molecule has 9 heteroatoms. The van der Waals surface area contributed by atoms with Crippen molar-refractivity contribution in [2.45, 2.75) is 12.5 Å². The van der Waals surface area contributed by atoms with Gasteiger partial charge in [-0.3, -0.25) is 14.6 Å². The minimum atomic E-state index is -0.706. The molecular formula is C13H13N5O4. The molecule has 1 aliphatic rings. The Bertz CT molecular complexity index is 757. The second kappa shape index (κ2) is 5.80. The van der Waals surface area contributed by atoms with Gasteiger partial charge in [-0.25, -0.2) is 4.79 Å². The molecule has 114 valence electrons. The lowest BCUT2D eigenvalue weighted by atomic mass is 10.3. The maximum absolute atomic E-state index is 12.3. The second-order valence-corrected chi connectivity index (χ2v) is 4.84. The van der Waals surface area contributed by atoms with Crippen LogP contribution in [-0.4, -0.2) is 50.2 Å². The van der Waals surface area contributed by atoms with Gasteiger partial charge < -0.3 is 14.6 Å². The molecule has 2 N–H and O–H groups in total. The first-order chi connectivity index (χ1) is 10.6. The Morgan fingerprint density at radius 3 is 2.95 bits per heavy atom. The van der Waals surface area contributed by atoms with Crippen molar-refractivity contribution < 1.29 is 9.53 Å². The van der Waals surface area contributed by atoms with E-state index in [1.165, 1.54) is 4.90 Å². The molecule has 2 aromatic heterocycles. The fourth-order valence-corrected chi connectivity index (χ4v) is 2.28. The molecule has 22 heavy (non-hydrogen) atoms. The molecule has 0 aromatic carbocycles. The van der Waals surface area contributed by atoms with Crippen LogP contribution in [0.15, 0.2) is 34.0 Å². The van der Waals surface area contributed by atoms with Gasteiger partial charge >= 0.3 is 5.69 Å². The van der Waals surface area contributed by atoms with Gasteiger partial charge in [0.15, 0.2) is 0 Å². The number of nitrogens with zero attached hydrogens (tertiary/aromatic N) is 3. The van der Waals surface area contributed by atoms with Crippen molar-refractivity contribution in [3.8, 4) is 5.88 Å². The lowest BCUT2D eigenvalue weighted by Gasteiger charge is -2.16. The van der Waals surface area contributed by atoms with Crippen LogP contribution in [0.1, 0.15) is 16.9 Å². The summed E-state index contributed by atoms with van der Waals surface area (Å²) in [4.78, 5) is 40.6. The number of aromatic amines is 2. The van der Waals surface area contributed by atoms with Gasteiger partial charge in [-0.1, -0.05) is 0 Å². The van der Waals surface area contributed by atoms with E-state index in [2.05, 4.69) is 15.2 Å². The quantitative estimate of drug-likeness (QED) is 0.761. The Morgan fingerprint density at radius 1 is 1.36 bits per heavy atom. The van der Waals surface area contributed by atoms with E-state index in [1.807, 2.05) is 4.98 Å². The topological polar surface area (TPSA) is 121 Å². The van der Waals surface area contributed by atoms with Crippen molar-refractivity contribution in [1.29, 1.82) is 0 Å². The average molecular weight is 303 g/mol. The first-order valence-electron chi connectivity index (χ1n) is 6.69. The Kier molecular flexibility index (Phi) is 3.69. The summed E-state index contributed by atoms with van der Waals surface area (Å²) in [5, 5.41) is 7.54. The molecule has 2 aromatic rings. The summed E-state index contributed by atoms with van der Waals surface area (Å²) in [6.07, 6.45) is 1.98. The summed E-state index contributed by atoms with van der Waals surface area (Å²) in [5.41, 5.74) is -1.35. The van der Waals surface area contributed by atoms with Crippen molar-refractivity contribution in [3.63, 3.8) is 0 Å². The molecule has 9 nitrogen and oxygen atoms in total. The molecule has 1 saturated heterocycles. The van der Waals surface area contributed by atoms with Crippen LogP contribution in [0.25, 0.3) is 0 Å². The predicted molar refractivity (Wildman–Crippen MR) is 74.7 cm³/mol. The highest BCUT2D eigenvalue weighted by atomic mass is 16.5. The van der Waals surface area contributed by atoms with Crippen LogP contribution in [0.5, 0.6) is 5.88 Å². The third-order valence-corrected chi connectivity index (χ3v) is 3.26. The lowest BCUT2D eigenvalue weighted by Crippen LogP contribution is -2.34. The van der Waals surface area contributed by atoms with Crippen LogP contribution >= 0.6 is 0 Å². The van der Waals surface area contributed by atoms with Crippen molar-refractivity contribution in [1.82, 2.24) is 25.1 Å². The van der Waals surface area contributed by atoms with E-state index in [0.717, 1.165) is 6.07 Å². The standard InChI is InChI=1S/C13H13N5O4/c19-10-6-9(15-13(21)16-10)12(20)18-5-3-8(7-18)22-11-2-1-4-14-17-11/h1-2,4,6,8H,3,5,7H2,(H2,15,16,19,21)/t8-/m1/s1. The molecule has 0 radical (unpaired) electrons. The molecule has 3 heterocycles. The molecular weight excluding hydrogens is 290 g/mol. The summed E-state index contributed by atoms with van der Waals surface area (Å²) in [6, 6.07) is 4.47. The van der Waals surface area contributed by atoms with Crippen LogP contribution in [0.3, 0.4) is 0 Å².